The molecule has 1 atom stereocenters. The van der Waals surface area contributed by atoms with Crippen LogP contribution in [0.1, 0.15) is 24.8 Å². The molecule has 0 amide bonds. The van der Waals surface area contributed by atoms with E-state index in [0.29, 0.717) is 5.57 Å². The third-order valence-corrected chi connectivity index (χ3v) is 2.82. The van der Waals surface area contributed by atoms with Gasteiger partial charge in [0.05, 0.1) is 5.92 Å². The molecule has 0 aromatic heterocycles. The monoisotopic (exact) mass is 201 g/mol. The van der Waals surface area contributed by atoms with Crippen LogP contribution in [0.2, 0.25) is 0 Å². The Labute approximate surface area is 90.0 Å². The van der Waals surface area contributed by atoms with Crippen LogP contribution in [0, 0.1) is 0 Å². The molecule has 0 bridgehead atoms. The van der Waals surface area contributed by atoms with Crippen LogP contribution in [0.3, 0.4) is 0 Å². The summed E-state index contributed by atoms with van der Waals surface area (Å²) in [6, 6.07) is 8.00. The van der Waals surface area contributed by atoms with Crippen molar-refractivity contribution in [1.29, 1.82) is 0 Å². The van der Waals surface area contributed by atoms with Crippen LogP contribution in [0.25, 0.3) is 0 Å². The molecule has 2 nitrogen and oxygen atoms in total. The zero-order valence-electron chi connectivity index (χ0n) is 8.92. The number of carbonyl (C=O) groups excluding carboxylic acids is 1. The van der Waals surface area contributed by atoms with Gasteiger partial charge in [0, 0.05) is 12.2 Å². The number of allylic oxidation sites excluding steroid dienone is 1. The Balaban J connectivity index is 2.38. The zero-order valence-corrected chi connectivity index (χ0v) is 8.92. The van der Waals surface area contributed by atoms with Crippen molar-refractivity contribution in [3.05, 3.63) is 42.0 Å². The maximum Gasteiger partial charge on any atom is 0.165 e. The van der Waals surface area contributed by atoms with Gasteiger partial charge in [0.25, 0.3) is 0 Å². The van der Waals surface area contributed by atoms with E-state index in [2.05, 4.69) is 11.9 Å². The highest BCUT2D eigenvalue weighted by atomic mass is 16.1. The minimum absolute atomic E-state index is 0.0000463. The number of fused-ring (bicyclic) bond motifs is 1. The average Bonchev–Trinajstić information content (AvgIpc) is 2.27. The molecule has 1 aliphatic rings. The number of Topliss-reactive ketones (excluding diaryl/α,β-unsaturated/α-hetero) is 1. The van der Waals surface area contributed by atoms with E-state index >= 15 is 0 Å². The molecule has 1 aliphatic heterocycles. The molecular weight excluding hydrogens is 186 g/mol. The van der Waals surface area contributed by atoms with Crippen molar-refractivity contribution < 1.29 is 4.79 Å². The molecule has 0 saturated carbocycles. The van der Waals surface area contributed by atoms with Crippen molar-refractivity contribution in [1.82, 2.24) is 0 Å². The lowest BCUT2D eigenvalue weighted by atomic mass is 9.85. The molecule has 0 spiro atoms. The molecule has 0 aliphatic carbocycles. The van der Waals surface area contributed by atoms with Crippen LogP contribution in [0.15, 0.2) is 36.4 Å². The first-order valence-corrected chi connectivity index (χ1v) is 5.22. The zero-order chi connectivity index (χ0) is 10.8. The Bertz CT molecular complexity index is 409. The largest absolute Gasteiger partial charge is 0.385 e. The molecule has 0 fully saturated rings. The second-order valence-corrected chi connectivity index (χ2v) is 4.00. The molecule has 15 heavy (non-hydrogen) atoms. The highest BCUT2D eigenvalue weighted by Crippen LogP contribution is 2.33. The minimum Gasteiger partial charge on any atom is -0.385 e. The van der Waals surface area contributed by atoms with E-state index in [1.54, 1.807) is 6.92 Å². The molecule has 2 heteroatoms. The number of nitrogens with one attached hydrogen (secondary N) is 1. The fraction of sp³-hybridized carbons (Fsp3) is 0.308. The third kappa shape index (κ3) is 1.80. The summed E-state index contributed by atoms with van der Waals surface area (Å²) in [4.78, 5) is 11.9. The molecule has 1 aromatic carbocycles. The molecule has 0 radical (unpaired) electrons. The first kappa shape index (κ1) is 9.97. The standard InChI is InChI=1S/C13H15NO/c1-9(2)13(15)11-7-8-14-12-6-4-3-5-10(11)12/h3-6,11,14H,1,7-8H2,2H3. The molecule has 0 saturated heterocycles. The number of para-hydroxylation sites is 1. The predicted octanol–water partition coefficient (Wildman–Crippen LogP) is 2.73. The van der Waals surface area contributed by atoms with Gasteiger partial charge in [0.15, 0.2) is 5.78 Å². The number of benzene rings is 1. The molecule has 2 rings (SSSR count). The van der Waals surface area contributed by atoms with Crippen molar-refractivity contribution in [3.63, 3.8) is 0 Å². The molecule has 1 N–H and O–H groups in total. The topological polar surface area (TPSA) is 29.1 Å². The van der Waals surface area contributed by atoms with E-state index < -0.39 is 0 Å². The van der Waals surface area contributed by atoms with Gasteiger partial charge < -0.3 is 5.32 Å². The van der Waals surface area contributed by atoms with Crippen LogP contribution in [-0.2, 0) is 4.79 Å². The van der Waals surface area contributed by atoms with Crippen LogP contribution >= 0.6 is 0 Å². The highest BCUT2D eigenvalue weighted by molar-refractivity contribution is 6.00. The van der Waals surface area contributed by atoms with E-state index in [1.807, 2.05) is 24.3 Å². The maximum absolute atomic E-state index is 11.9. The van der Waals surface area contributed by atoms with Crippen LogP contribution in [-0.4, -0.2) is 12.3 Å². The second-order valence-electron chi connectivity index (χ2n) is 4.00. The number of ketones is 1. The maximum atomic E-state index is 11.9. The van der Waals surface area contributed by atoms with Gasteiger partial charge >= 0.3 is 0 Å². The summed E-state index contributed by atoms with van der Waals surface area (Å²) in [5.41, 5.74) is 2.84. The van der Waals surface area contributed by atoms with Crippen molar-refractivity contribution in [2.45, 2.75) is 19.3 Å². The third-order valence-electron chi connectivity index (χ3n) is 2.82. The van der Waals surface area contributed by atoms with Crippen LogP contribution in [0.4, 0.5) is 5.69 Å². The lowest BCUT2D eigenvalue weighted by Crippen LogP contribution is -2.23. The summed E-state index contributed by atoms with van der Waals surface area (Å²) in [6.45, 7) is 6.38. The van der Waals surface area contributed by atoms with Crippen molar-refractivity contribution in [2.24, 2.45) is 0 Å². The van der Waals surface area contributed by atoms with Crippen LogP contribution in [0.5, 0.6) is 0 Å². The lowest BCUT2D eigenvalue weighted by Gasteiger charge is -2.25. The van der Waals surface area contributed by atoms with Gasteiger partial charge in [-0.25, -0.2) is 0 Å². The quantitative estimate of drug-likeness (QED) is 0.745. The first-order valence-electron chi connectivity index (χ1n) is 5.22. The summed E-state index contributed by atoms with van der Waals surface area (Å²) < 4.78 is 0. The summed E-state index contributed by atoms with van der Waals surface area (Å²) in [7, 11) is 0. The Hall–Kier alpha value is -1.57. The number of anilines is 1. The molecule has 78 valence electrons. The van der Waals surface area contributed by atoms with Crippen LogP contribution < -0.4 is 5.32 Å². The summed E-state index contributed by atoms with van der Waals surface area (Å²) in [5.74, 6) is 0.170. The van der Waals surface area contributed by atoms with Gasteiger partial charge in [0.1, 0.15) is 0 Å². The summed E-state index contributed by atoms with van der Waals surface area (Å²) in [5, 5.41) is 3.30. The summed E-state index contributed by atoms with van der Waals surface area (Å²) in [6.07, 6.45) is 0.864. The van der Waals surface area contributed by atoms with Crippen molar-refractivity contribution in [3.8, 4) is 0 Å². The molecule has 1 heterocycles. The number of carbonyl (C=O) groups is 1. The Morgan fingerprint density at radius 1 is 1.47 bits per heavy atom. The number of hydrogen-bond acceptors (Lipinski definition) is 2. The first-order chi connectivity index (χ1) is 7.20. The Kier molecular flexibility index (Phi) is 2.58. The van der Waals surface area contributed by atoms with Gasteiger partial charge in [0.2, 0.25) is 0 Å². The molecule has 1 unspecified atom stereocenters. The number of hydrogen-bond donors (Lipinski definition) is 1. The normalized spacial score (nSPS) is 18.9. The number of rotatable bonds is 2. The van der Waals surface area contributed by atoms with Crippen molar-refractivity contribution >= 4 is 11.5 Å². The lowest BCUT2D eigenvalue weighted by molar-refractivity contribution is -0.117. The minimum atomic E-state index is -0.0000463. The fourth-order valence-corrected chi connectivity index (χ4v) is 2.04. The van der Waals surface area contributed by atoms with E-state index in [-0.39, 0.29) is 11.7 Å². The highest BCUT2D eigenvalue weighted by Gasteiger charge is 2.25. The summed E-state index contributed by atoms with van der Waals surface area (Å²) >= 11 is 0. The fourth-order valence-electron chi connectivity index (χ4n) is 2.04. The smallest absolute Gasteiger partial charge is 0.165 e. The van der Waals surface area contributed by atoms with Gasteiger partial charge in [-0.15, -0.1) is 0 Å². The molecule has 1 aromatic rings. The predicted molar refractivity (Wildman–Crippen MR) is 62.1 cm³/mol. The average molecular weight is 201 g/mol. The van der Waals surface area contributed by atoms with E-state index in [4.69, 9.17) is 0 Å². The van der Waals surface area contributed by atoms with Gasteiger partial charge in [-0.3, -0.25) is 4.79 Å². The van der Waals surface area contributed by atoms with Gasteiger partial charge in [-0.1, -0.05) is 24.8 Å². The van der Waals surface area contributed by atoms with E-state index in [1.165, 1.54) is 0 Å². The van der Waals surface area contributed by atoms with Crippen molar-refractivity contribution in [2.75, 3.05) is 11.9 Å². The second kappa shape index (κ2) is 3.89. The molecular formula is C13H15NO. The van der Waals surface area contributed by atoms with Gasteiger partial charge in [-0.05, 0) is 30.5 Å². The SMILES string of the molecule is C=C(C)C(=O)C1CCNc2ccccc21. The Morgan fingerprint density at radius 3 is 2.93 bits per heavy atom. The van der Waals surface area contributed by atoms with E-state index in [9.17, 15) is 4.79 Å². The van der Waals surface area contributed by atoms with E-state index in [0.717, 1.165) is 24.2 Å². The Morgan fingerprint density at radius 2 is 2.20 bits per heavy atom. The van der Waals surface area contributed by atoms with Gasteiger partial charge in [-0.2, -0.15) is 0 Å².